The van der Waals surface area contributed by atoms with Gasteiger partial charge in [-0.15, -0.1) is 0 Å². The molecular weight excluding hydrogens is 182 g/mol. The number of carbonyl (C=O) groups is 2. The van der Waals surface area contributed by atoms with Crippen molar-refractivity contribution in [2.75, 3.05) is 6.54 Å². The normalized spacial score (nSPS) is 37.1. The lowest BCUT2D eigenvalue weighted by Crippen LogP contribution is -2.49. The summed E-state index contributed by atoms with van der Waals surface area (Å²) in [5.74, 6) is -1.27. The molecule has 0 aromatic heterocycles. The number of fused-ring (bicyclic) bond motifs is 1. The van der Waals surface area contributed by atoms with Crippen LogP contribution in [0.2, 0.25) is 0 Å². The number of rotatable bonds is 1. The number of piperidine rings is 1. The number of aliphatic carboxylic acids is 1. The molecule has 2 rings (SSSR count). The van der Waals surface area contributed by atoms with E-state index in [-0.39, 0.29) is 11.8 Å². The van der Waals surface area contributed by atoms with Gasteiger partial charge >= 0.3 is 5.97 Å². The van der Waals surface area contributed by atoms with E-state index >= 15 is 0 Å². The second-order valence-electron chi connectivity index (χ2n) is 4.24. The highest BCUT2D eigenvalue weighted by atomic mass is 16.4. The van der Waals surface area contributed by atoms with E-state index in [1.807, 2.05) is 0 Å². The highest BCUT2D eigenvalue weighted by molar-refractivity contribution is 5.85. The average Bonchev–Trinajstić information content (AvgIpc) is 2.17. The Labute approximate surface area is 82.7 Å². The van der Waals surface area contributed by atoms with Crippen LogP contribution in [0.3, 0.4) is 0 Å². The molecule has 4 heteroatoms. The molecule has 0 aromatic carbocycles. The molecule has 3 unspecified atom stereocenters. The predicted molar refractivity (Wildman–Crippen MR) is 49.6 cm³/mol. The third-order valence-electron chi connectivity index (χ3n) is 3.47. The zero-order valence-corrected chi connectivity index (χ0v) is 8.03. The van der Waals surface area contributed by atoms with Crippen LogP contribution in [0.25, 0.3) is 0 Å². The van der Waals surface area contributed by atoms with Crippen LogP contribution in [0.4, 0.5) is 0 Å². The summed E-state index contributed by atoms with van der Waals surface area (Å²) in [6, 6.07) is 0. The Balaban J connectivity index is 2.18. The van der Waals surface area contributed by atoms with Gasteiger partial charge in [-0.2, -0.15) is 0 Å². The van der Waals surface area contributed by atoms with Gasteiger partial charge in [0, 0.05) is 6.54 Å². The first-order valence-corrected chi connectivity index (χ1v) is 5.20. The van der Waals surface area contributed by atoms with Gasteiger partial charge in [-0.05, 0) is 25.2 Å². The fraction of sp³-hybridized carbons (Fsp3) is 0.800. The van der Waals surface area contributed by atoms with Crippen LogP contribution in [-0.2, 0) is 9.59 Å². The van der Waals surface area contributed by atoms with Crippen molar-refractivity contribution >= 4 is 11.9 Å². The summed E-state index contributed by atoms with van der Waals surface area (Å²) in [4.78, 5) is 22.5. The SMILES string of the molecule is O=C(O)C1CCCC2CCNC(=O)C21. The quantitative estimate of drug-likeness (QED) is 0.647. The minimum Gasteiger partial charge on any atom is -0.481 e. The lowest BCUT2D eigenvalue weighted by molar-refractivity contribution is -0.152. The fourth-order valence-electron chi connectivity index (χ4n) is 2.78. The first-order chi connectivity index (χ1) is 6.70. The number of carbonyl (C=O) groups excluding carboxylic acids is 1. The van der Waals surface area contributed by atoms with Gasteiger partial charge in [0.1, 0.15) is 0 Å². The molecule has 1 saturated heterocycles. The lowest BCUT2D eigenvalue weighted by Gasteiger charge is -2.38. The van der Waals surface area contributed by atoms with E-state index in [1.165, 1.54) is 0 Å². The van der Waals surface area contributed by atoms with Crippen molar-refractivity contribution in [2.45, 2.75) is 25.7 Å². The van der Waals surface area contributed by atoms with Crippen molar-refractivity contribution in [1.82, 2.24) is 5.32 Å². The molecule has 1 amide bonds. The summed E-state index contributed by atoms with van der Waals surface area (Å²) in [6.07, 6.45) is 3.57. The Morgan fingerprint density at radius 2 is 2.14 bits per heavy atom. The van der Waals surface area contributed by atoms with Crippen LogP contribution < -0.4 is 5.32 Å². The summed E-state index contributed by atoms with van der Waals surface area (Å²) in [6.45, 7) is 0.715. The first-order valence-electron chi connectivity index (χ1n) is 5.20. The number of hydrogen-bond donors (Lipinski definition) is 2. The van der Waals surface area contributed by atoms with Gasteiger partial charge in [0.05, 0.1) is 11.8 Å². The van der Waals surface area contributed by atoms with Crippen LogP contribution >= 0.6 is 0 Å². The van der Waals surface area contributed by atoms with Gasteiger partial charge in [-0.3, -0.25) is 9.59 Å². The second kappa shape index (κ2) is 3.59. The van der Waals surface area contributed by atoms with Crippen molar-refractivity contribution in [1.29, 1.82) is 0 Å². The number of amides is 1. The second-order valence-corrected chi connectivity index (χ2v) is 4.24. The van der Waals surface area contributed by atoms with E-state index in [9.17, 15) is 9.59 Å². The molecular formula is C10H15NO3. The van der Waals surface area contributed by atoms with E-state index in [0.717, 1.165) is 19.3 Å². The van der Waals surface area contributed by atoms with Gasteiger partial charge in [-0.1, -0.05) is 6.42 Å². The maximum absolute atomic E-state index is 11.6. The monoisotopic (exact) mass is 197 g/mol. The zero-order valence-electron chi connectivity index (χ0n) is 8.03. The first kappa shape index (κ1) is 9.49. The maximum Gasteiger partial charge on any atom is 0.307 e. The number of nitrogens with one attached hydrogen (secondary N) is 1. The minimum atomic E-state index is -0.809. The number of carboxylic acid groups (broad SMARTS) is 1. The molecule has 3 atom stereocenters. The Morgan fingerprint density at radius 1 is 1.36 bits per heavy atom. The molecule has 1 saturated carbocycles. The smallest absolute Gasteiger partial charge is 0.307 e. The van der Waals surface area contributed by atoms with E-state index in [1.54, 1.807) is 0 Å². The Kier molecular flexibility index (Phi) is 2.44. The third-order valence-corrected chi connectivity index (χ3v) is 3.47. The largest absolute Gasteiger partial charge is 0.481 e. The van der Waals surface area contributed by atoms with Gasteiger partial charge in [0.25, 0.3) is 0 Å². The molecule has 1 aliphatic heterocycles. The van der Waals surface area contributed by atoms with E-state index < -0.39 is 11.9 Å². The zero-order chi connectivity index (χ0) is 10.1. The molecule has 0 radical (unpaired) electrons. The number of carboxylic acids is 1. The summed E-state index contributed by atoms with van der Waals surface area (Å²) in [7, 11) is 0. The minimum absolute atomic E-state index is 0.0478. The van der Waals surface area contributed by atoms with Crippen molar-refractivity contribution in [3.8, 4) is 0 Å². The molecule has 78 valence electrons. The van der Waals surface area contributed by atoms with Crippen LogP contribution in [-0.4, -0.2) is 23.5 Å². The molecule has 1 aliphatic carbocycles. The van der Waals surface area contributed by atoms with Crippen LogP contribution in [0.1, 0.15) is 25.7 Å². The highest BCUT2D eigenvalue weighted by Crippen LogP contribution is 2.38. The Morgan fingerprint density at radius 3 is 2.86 bits per heavy atom. The molecule has 0 bridgehead atoms. The van der Waals surface area contributed by atoms with Crippen LogP contribution in [0, 0.1) is 17.8 Å². The van der Waals surface area contributed by atoms with Gasteiger partial charge in [0.15, 0.2) is 0 Å². The molecule has 4 nitrogen and oxygen atoms in total. The Hall–Kier alpha value is -1.06. The van der Waals surface area contributed by atoms with Crippen LogP contribution in [0.15, 0.2) is 0 Å². The molecule has 2 fully saturated rings. The Bertz CT molecular complexity index is 262. The molecule has 0 spiro atoms. The highest BCUT2D eigenvalue weighted by Gasteiger charge is 2.43. The molecule has 1 heterocycles. The van der Waals surface area contributed by atoms with Gasteiger partial charge in [-0.25, -0.2) is 0 Å². The van der Waals surface area contributed by atoms with E-state index in [2.05, 4.69) is 5.32 Å². The van der Waals surface area contributed by atoms with E-state index in [4.69, 9.17) is 5.11 Å². The maximum atomic E-state index is 11.6. The number of hydrogen-bond acceptors (Lipinski definition) is 2. The molecule has 14 heavy (non-hydrogen) atoms. The van der Waals surface area contributed by atoms with Crippen molar-refractivity contribution in [3.05, 3.63) is 0 Å². The summed E-state index contributed by atoms with van der Waals surface area (Å²) in [5, 5.41) is 11.8. The summed E-state index contributed by atoms with van der Waals surface area (Å²) in [5.41, 5.74) is 0. The lowest BCUT2D eigenvalue weighted by atomic mass is 9.69. The van der Waals surface area contributed by atoms with Gasteiger partial charge in [0.2, 0.25) is 5.91 Å². The standard InChI is InChI=1S/C10H15NO3/c12-9-8-6(4-5-11-9)2-1-3-7(8)10(13)14/h6-8H,1-5H2,(H,11,12)(H,13,14). The third kappa shape index (κ3) is 1.49. The summed E-state index contributed by atoms with van der Waals surface area (Å²) < 4.78 is 0. The molecule has 2 N–H and O–H groups in total. The predicted octanol–water partition coefficient (Wildman–Crippen LogP) is 0.623. The molecule has 0 aromatic rings. The van der Waals surface area contributed by atoms with Gasteiger partial charge < -0.3 is 10.4 Å². The topological polar surface area (TPSA) is 66.4 Å². The van der Waals surface area contributed by atoms with Crippen molar-refractivity contribution in [2.24, 2.45) is 17.8 Å². The van der Waals surface area contributed by atoms with E-state index in [0.29, 0.717) is 18.9 Å². The molecule has 2 aliphatic rings. The van der Waals surface area contributed by atoms with Crippen LogP contribution in [0.5, 0.6) is 0 Å². The fourth-order valence-corrected chi connectivity index (χ4v) is 2.78. The van der Waals surface area contributed by atoms with Crippen molar-refractivity contribution < 1.29 is 14.7 Å². The van der Waals surface area contributed by atoms with Crippen molar-refractivity contribution in [3.63, 3.8) is 0 Å². The summed E-state index contributed by atoms with van der Waals surface area (Å²) >= 11 is 0. The average molecular weight is 197 g/mol.